The van der Waals surface area contributed by atoms with Crippen molar-refractivity contribution in [2.45, 2.75) is 26.0 Å². The Balaban J connectivity index is 1.60. The van der Waals surface area contributed by atoms with Crippen molar-refractivity contribution in [2.24, 2.45) is 5.92 Å². The first-order valence-electron chi connectivity index (χ1n) is 7.71. The molecule has 1 aromatic heterocycles. The second-order valence-electron chi connectivity index (χ2n) is 5.96. The molecule has 2 saturated heterocycles. The number of rotatable bonds is 3. The minimum Gasteiger partial charge on any atom is -0.375 e. The average molecular weight is 303 g/mol. The van der Waals surface area contributed by atoms with Gasteiger partial charge in [0.05, 0.1) is 30.9 Å². The summed E-state index contributed by atoms with van der Waals surface area (Å²) in [5.74, 6) is -0.126. The van der Waals surface area contributed by atoms with Crippen LogP contribution in [0.5, 0.6) is 0 Å². The quantitative estimate of drug-likeness (QED) is 0.824. The highest BCUT2D eigenvalue weighted by atomic mass is 16.5. The van der Waals surface area contributed by atoms with E-state index in [4.69, 9.17) is 4.74 Å². The van der Waals surface area contributed by atoms with Gasteiger partial charge in [-0.1, -0.05) is 6.07 Å². The van der Waals surface area contributed by atoms with E-state index in [1.165, 1.54) is 0 Å². The lowest BCUT2D eigenvalue weighted by Crippen LogP contribution is -2.47. The molecular weight excluding hydrogens is 282 g/mol. The van der Waals surface area contributed by atoms with Crippen molar-refractivity contribution >= 4 is 11.8 Å². The van der Waals surface area contributed by atoms with Gasteiger partial charge in [-0.2, -0.15) is 0 Å². The van der Waals surface area contributed by atoms with Crippen LogP contribution in [0.2, 0.25) is 0 Å². The van der Waals surface area contributed by atoms with Gasteiger partial charge in [-0.05, 0) is 19.1 Å². The monoisotopic (exact) mass is 303 g/mol. The van der Waals surface area contributed by atoms with Gasteiger partial charge in [-0.15, -0.1) is 0 Å². The third-order valence-electron chi connectivity index (χ3n) is 4.20. The Hall–Kier alpha value is -1.95. The predicted octanol–water partition coefficient (Wildman–Crippen LogP) is 0.677. The van der Waals surface area contributed by atoms with Crippen molar-refractivity contribution in [2.75, 3.05) is 26.2 Å². The maximum atomic E-state index is 12.6. The second-order valence-corrected chi connectivity index (χ2v) is 5.96. The van der Waals surface area contributed by atoms with Crippen LogP contribution in [0.3, 0.4) is 0 Å². The molecule has 2 atom stereocenters. The molecule has 0 bridgehead atoms. The van der Waals surface area contributed by atoms with Crippen LogP contribution >= 0.6 is 0 Å². The van der Waals surface area contributed by atoms with E-state index in [9.17, 15) is 9.59 Å². The molecule has 2 aliphatic rings. The number of carbonyl (C=O) groups excluding carboxylic acids is 2. The third kappa shape index (κ3) is 3.27. The van der Waals surface area contributed by atoms with E-state index < -0.39 is 0 Å². The molecule has 2 amide bonds. The van der Waals surface area contributed by atoms with Crippen LogP contribution in [-0.2, 0) is 20.9 Å². The highest BCUT2D eigenvalue weighted by molar-refractivity contribution is 5.89. The minimum atomic E-state index is -0.235. The molecule has 6 nitrogen and oxygen atoms in total. The maximum Gasteiger partial charge on any atom is 0.228 e. The first-order valence-corrected chi connectivity index (χ1v) is 7.71. The number of hydrogen-bond donors (Lipinski definition) is 0. The summed E-state index contributed by atoms with van der Waals surface area (Å²) in [6.45, 7) is 4.73. The first kappa shape index (κ1) is 15.0. The van der Waals surface area contributed by atoms with Gasteiger partial charge in [0.15, 0.2) is 0 Å². The normalized spacial score (nSPS) is 25.6. The van der Waals surface area contributed by atoms with E-state index in [-0.39, 0.29) is 23.8 Å². The summed E-state index contributed by atoms with van der Waals surface area (Å²) in [5, 5.41) is 0. The molecule has 2 fully saturated rings. The highest BCUT2D eigenvalue weighted by Gasteiger charge is 2.37. The molecule has 0 saturated carbocycles. The molecule has 3 rings (SSSR count). The zero-order chi connectivity index (χ0) is 15.5. The van der Waals surface area contributed by atoms with E-state index in [2.05, 4.69) is 4.98 Å². The number of morpholine rings is 1. The van der Waals surface area contributed by atoms with Crippen molar-refractivity contribution in [3.63, 3.8) is 0 Å². The standard InChI is InChI=1S/C16H21N3O3/c1-12-9-18(6-7-22-12)16(21)13-8-15(20)19(10-13)11-14-4-2-3-5-17-14/h2-5,12-13H,6-11H2,1H3. The maximum absolute atomic E-state index is 12.6. The number of likely N-dealkylation sites (tertiary alicyclic amines) is 1. The number of ether oxygens (including phenoxy) is 1. The van der Waals surface area contributed by atoms with E-state index in [0.717, 1.165) is 5.69 Å². The molecule has 22 heavy (non-hydrogen) atoms. The number of nitrogens with zero attached hydrogens (tertiary/aromatic N) is 3. The number of hydrogen-bond acceptors (Lipinski definition) is 4. The SMILES string of the molecule is CC1CN(C(=O)C2CC(=O)N(Cc3ccccn3)C2)CCO1. The predicted molar refractivity (Wildman–Crippen MR) is 79.8 cm³/mol. The zero-order valence-corrected chi connectivity index (χ0v) is 12.8. The van der Waals surface area contributed by atoms with Crippen molar-refractivity contribution in [3.8, 4) is 0 Å². The van der Waals surface area contributed by atoms with E-state index in [1.807, 2.05) is 30.0 Å². The van der Waals surface area contributed by atoms with Crippen molar-refractivity contribution in [3.05, 3.63) is 30.1 Å². The van der Waals surface area contributed by atoms with Crippen LogP contribution in [0.1, 0.15) is 19.0 Å². The smallest absolute Gasteiger partial charge is 0.228 e. The molecule has 0 spiro atoms. The molecule has 0 radical (unpaired) electrons. The zero-order valence-electron chi connectivity index (χ0n) is 12.8. The minimum absolute atomic E-state index is 0.0327. The molecule has 118 valence electrons. The Morgan fingerprint density at radius 2 is 2.27 bits per heavy atom. The second kappa shape index (κ2) is 6.44. The summed E-state index contributed by atoms with van der Waals surface area (Å²) in [7, 11) is 0. The lowest BCUT2D eigenvalue weighted by molar-refractivity contribution is -0.142. The van der Waals surface area contributed by atoms with Crippen molar-refractivity contribution in [1.82, 2.24) is 14.8 Å². The third-order valence-corrected chi connectivity index (χ3v) is 4.20. The largest absolute Gasteiger partial charge is 0.375 e. The summed E-state index contributed by atoms with van der Waals surface area (Å²) in [5.41, 5.74) is 0.851. The van der Waals surface area contributed by atoms with Gasteiger partial charge in [0.2, 0.25) is 11.8 Å². The van der Waals surface area contributed by atoms with Crippen molar-refractivity contribution < 1.29 is 14.3 Å². The molecule has 0 aromatic carbocycles. The number of amides is 2. The summed E-state index contributed by atoms with van der Waals surface area (Å²) < 4.78 is 5.46. The molecule has 1 aromatic rings. The van der Waals surface area contributed by atoms with Gasteiger partial charge >= 0.3 is 0 Å². The lowest BCUT2D eigenvalue weighted by Gasteiger charge is -2.32. The Kier molecular flexibility index (Phi) is 4.38. The Morgan fingerprint density at radius 3 is 3.00 bits per heavy atom. The van der Waals surface area contributed by atoms with Gasteiger partial charge in [-0.3, -0.25) is 14.6 Å². The topological polar surface area (TPSA) is 62.7 Å². The Bertz CT molecular complexity index is 549. The molecule has 0 N–H and O–H groups in total. The lowest BCUT2D eigenvalue weighted by atomic mass is 10.1. The van der Waals surface area contributed by atoms with E-state index >= 15 is 0 Å². The van der Waals surface area contributed by atoms with Crippen LogP contribution in [0.15, 0.2) is 24.4 Å². The first-order chi connectivity index (χ1) is 10.6. The number of carbonyl (C=O) groups is 2. The molecule has 3 heterocycles. The van der Waals surface area contributed by atoms with E-state index in [1.54, 1.807) is 11.1 Å². The van der Waals surface area contributed by atoms with Gasteiger partial charge in [-0.25, -0.2) is 0 Å². The fraction of sp³-hybridized carbons (Fsp3) is 0.562. The Morgan fingerprint density at radius 1 is 1.41 bits per heavy atom. The van der Waals surface area contributed by atoms with Gasteiger partial charge < -0.3 is 14.5 Å². The molecule has 2 aliphatic heterocycles. The molecule has 0 aliphatic carbocycles. The summed E-state index contributed by atoms with van der Waals surface area (Å²) in [4.78, 5) is 32.5. The summed E-state index contributed by atoms with van der Waals surface area (Å²) >= 11 is 0. The van der Waals surface area contributed by atoms with Crippen LogP contribution in [0, 0.1) is 5.92 Å². The fourth-order valence-corrected chi connectivity index (χ4v) is 3.05. The Labute approximate surface area is 130 Å². The van der Waals surface area contributed by atoms with Crippen LogP contribution in [0.4, 0.5) is 0 Å². The number of aromatic nitrogens is 1. The van der Waals surface area contributed by atoms with Crippen LogP contribution in [0.25, 0.3) is 0 Å². The summed E-state index contributed by atoms with van der Waals surface area (Å²) in [6.07, 6.45) is 2.09. The molecule has 6 heteroatoms. The van der Waals surface area contributed by atoms with Gasteiger partial charge in [0, 0.05) is 32.3 Å². The highest BCUT2D eigenvalue weighted by Crippen LogP contribution is 2.22. The van der Waals surface area contributed by atoms with Crippen LogP contribution < -0.4 is 0 Å². The molecular formula is C16H21N3O3. The fourth-order valence-electron chi connectivity index (χ4n) is 3.05. The summed E-state index contributed by atoms with van der Waals surface area (Å²) in [6, 6.07) is 5.65. The molecule has 2 unspecified atom stereocenters. The number of pyridine rings is 1. The van der Waals surface area contributed by atoms with Crippen molar-refractivity contribution in [1.29, 1.82) is 0 Å². The average Bonchev–Trinajstić information content (AvgIpc) is 2.88. The van der Waals surface area contributed by atoms with Crippen LogP contribution in [-0.4, -0.2) is 58.9 Å². The van der Waals surface area contributed by atoms with Gasteiger partial charge in [0.25, 0.3) is 0 Å². The van der Waals surface area contributed by atoms with Gasteiger partial charge in [0.1, 0.15) is 0 Å². The van der Waals surface area contributed by atoms with E-state index in [0.29, 0.717) is 39.2 Å².